The number of fused-ring (bicyclic) bond motifs is 7. The monoisotopic (exact) mass is 510 g/mol. The van der Waals surface area contributed by atoms with Gasteiger partial charge < -0.3 is 8.83 Å². The van der Waals surface area contributed by atoms with Crippen molar-refractivity contribution in [2.24, 2.45) is 0 Å². The van der Waals surface area contributed by atoms with E-state index in [1.54, 1.807) is 0 Å². The summed E-state index contributed by atoms with van der Waals surface area (Å²) in [6, 6.07) is 45.1. The van der Waals surface area contributed by atoms with Crippen LogP contribution < -0.4 is 0 Å². The number of hydrogen-bond acceptors (Lipinski definition) is 2. The molecule has 0 saturated heterocycles. The Labute approximate surface area is 229 Å². The van der Waals surface area contributed by atoms with E-state index in [1.165, 1.54) is 43.4 Å². The summed E-state index contributed by atoms with van der Waals surface area (Å²) in [5.41, 5.74) is 7.34. The topological polar surface area (TPSA) is 26.3 Å². The third-order valence-corrected chi connectivity index (χ3v) is 8.32. The molecule has 0 radical (unpaired) electrons. The van der Waals surface area contributed by atoms with E-state index in [-0.39, 0.29) is 0 Å². The van der Waals surface area contributed by atoms with Crippen molar-refractivity contribution in [2.45, 2.75) is 0 Å². The maximum Gasteiger partial charge on any atom is 0.143 e. The Hall–Kier alpha value is -5.34. The summed E-state index contributed by atoms with van der Waals surface area (Å²) < 4.78 is 12.7. The minimum absolute atomic E-state index is 0.901. The molecule has 2 heteroatoms. The van der Waals surface area contributed by atoms with E-state index in [9.17, 15) is 0 Å². The van der Waals surface area contributed by atoms with Gasteiger partial charge in [0, 0.05) is 38.4 Å². The van der Waals surface area contributed by atoms with Gasteiger partial charge in [0.25, 0.3) is 0 Å². The fourth-order valence-electron chi connectivity index (χ4n) is 6.56. The summed E-state index contributed by atoms with van der Waals surface area (Å²) in [4.78, 5) is 0. The van der Waals surface area contributed by atoms with Gasteiger partial charge in [-0.1, -0.05) is 109 Å². The number of hydrogen-bond donors (Lipinski definition) is 0. The fraction of sp³-hybridized carbons (Fsp3) is 0. The molecule has 40 heavy (non-hydrogen) atoms. The summed E-state index contributed by atoms with van der Waals surface area (Å²) >= 11 is 0. The molecule has 0 amide bonds. The van der Waals surface area contributed by atoms with Crippen LogP contribution in [0.15, 0.2) is 142 Å². The largest absolute Gasteiger partial charge is 0.464 e. The Morgan fingerprint density at radius 3 is 1.62 bits per heavy atom. The van der Waals surface area contributed by atoms with Gasteiger partial charge in [-0.15, -0.1) is 0 Å². The van der Waals surface area contributed by atoms with Crippen molar-refractivity contribution in [3.63, 3.8) is 0 Å². The first-order valence-corrected chi connectivity index (χ1v) is 13.6. The molecular formula is C38H22O2. The van der Waals surface area contributed by atoms with Gasteiger partial charge in [-0.3, -0.25) is 0 Å². The van der Waals surface area contributed by atoms with E-state index in [0.29, 0.717) is 0 Å². The standard InChI is InChI=1S/C38H22O2/c1-2-11-24-21-35-32(20-23(24)10-1)33(22-39-35)37-28-15-5-3-13-26(28)36(27-14-4-6-16-29(27)37)31-18-9-17-30-25-12-7-8-19-34(25)40-38(30)31/h1-22H. The van der Waals surface area contributed by atoms with Crippen LogP contribution in [0.1, 0.15) is 0 Å². The maximum absolute atomic E-state index is 6.52. The molecular weight excluding hydrogens is 488 g/mol. The van der Waals surface area contributed by atoms with Crippen molar-refractivity contribution in [1.29, 1.82) is 0 Å². The first-order valence-electron chi connectivity index (χ1n) is 13.6. The molecule has 9 rings (SSSR count). The van der Waals surface area contributed by atoms with Gasteiger partial charge >= 0.3 is 0 Å². The lowest BCUT2D eigenvalue weighted by molar-refractivity contribution is 0.617. The Morgan fingerprint density at radius 1 is 0.375 bits per heavy atom. The van der Waals surface area contributed by atoms with E-state index in [4.69, 9.17) is 8.83 Å². The second kappa shape index (κ2) is 8.08. The molecule has 0 aliphatic rings. The van der Waals surface area contributed by atoms with Crippen LogP contribution in [0.2, 0.25) is 0 Å². The number of para-hydroxylation sites is 2. The van der Waals surface area contributed by atoms with Crippen molar-refractivity contribution in [3.8, 4) is 22.3 Å². The smallest absolute Gasteiger partial charge is 0.143 e. The highest BCUT2D eigenvalue weighted by Crippen LogP contribution is 2.48. The Bertz CT molecular complexity index is 2380. The van der Waals surface area contributed by atoms with Crippen molar-refractivity contribution in [2.75, 3.05) is 0 Å². The molecule has 7 aromatic carbocycles. The summed E-state index contributed by atoms with van der Waals surface area (Å²) in [6.07, 6.45) is 1.93. The molecule has 186 valence electrons. The molecule has 0 saturated carbocycles. The van der Waals surface area contributed by atoms with Gasteiger partial charge in [0.05, 0.1) is 6.26 Å². The third-order valence-electron chi connectivity index (χ3n) is 8.32. The molecule has 0 aliphatic heterocycles. The summed E-state index contributed by atoms with van der Waals surface area (Å²) in [5, 5.41) is 10.6. The zero-order chi connectivity index (χ0) is 26.2. The first-order chi connectivity index (χ1) is 19.8. The lowest BCUT2D eigenvalue weighted by Gasteiger charge is -2.17. The Morgan fingerprint density at radius 2 is 0.925 bits per heavy atom. The molecule has 0 fully saturated rings. The van der Waals surface area contributed by atoms with Gasteiger partial charge in [-0.05, 0) is 50.5 Å². The normalized spacial score (nSPS) is 12.0. The SMILES string of the molecule is c1ccc2cc3c(-c4c5ccccc5c(-c5cccc6c5oc5ccccc56)c5ccccc45)coc3cc2c1. The highest BCUT2D eigenvalue weighted by molar-refractivity contribution is 6.26. The molecule has 0 atom stereocenters. The van der Waals surface area contributed by atoms with Gasteiger partial charge in [-0.2, -0.15) is 0 Å². The molecule has 0 unspecified atom stereocenters. The fourth-order valence-corrected chi connectivity index (χ4v) is 6.56. The van der Waals surface area contributed by atoms with Gasteiger partial charge in [-0.25, -0.2) is 0 Å². The third kappa shape index (κ3) is 2.93. The van der Waals surface area contributed by atoms with Crippen LogP contribution in [0.3, 0.4) is 0 Å². The molecule has 2 heterocycles. The molecule has 0 spiro atoms. The highest BCUT2D eigenvalue weighted by Gasteiger charge is 2.21. The average Bonchev–Trinajstić information content (AvgIpc) is 3.60. The van der Waals surface area contributed by atoms with E-state index in [1.807, 2.05) is 18.4 Å². The molecule has 2 nitrogen and oxygen atoms in total. The van der Waals surface area contributed by atoms with E-state index >= 15 is 0 Å². The van der Waals surface area contributed by atoms with Crippen LogP contribution in [-0.4, -0.2) is 0 Å². The lowest BCUT2D eigenvalue weighted by atomic mass is 9.85. The first kappa shape index (κ1) is 21.6. The van der Waals surface area contributed by atoms with Crippen molar-refractivity contribution >= 4 is 65.2 Å². The number of benzene rings is 7. The van der Waals surface area contributed by atoms with Crippen molar-refractivity contribution in [1.82, 2.24) is 0 Å². The maximum atomic E-state index is 6.52. The van der Waals surface area contributed by atoms with Gasteiger partial charge in [0.2, 0.25) is 0 Å². The van der Waals surface area contributed by atoms with Gasteiger partial charge in [0.15, 0.2) is 0 Å². The minimum Gasteiger partial charge on any atom is -0.464 e. The van der Waals surface area contributed by atoms with E-state index in [2.05, 4.69) is 115 Å². The zero-order valence-corrected chi connectivity index (χ0v) is 21.5. The summed E-state index contributed by atoms with van der Waals surface area (Å²) in [5.74, 6) is 0. The van der Waals surface area contributed by atoms with Crippen molar-refractivity contribution < 1.29 is 8.83 Å². The van der Waals surface area contributed by atoms with Crippen LogP contribution in [0.4, 0.5) is 0 Å². The predicted molar refractivity (Wildman–Crippen MR) is 167 cm³/mol. The number of rotatable bonds is 2. The van der Waals surface area contributed by atoms with Crippen LogP contribution in [0.25, 0.3) is 87.5 Å². The Kier molecular flexibility index (Phi) is 4.36. The molecule has 0 N–H and O–H groups in total. The van der Waals surface area contributed by atoms with Crippen LogP contribution in [0, 0.1) is 0 Å². The van der Waals surface area contributed by atoms with E-state index < -0.39 is 0 Å². The van der Waals surface area contributed by atoms with Crippen LogP contribution >= 0.6 is 0 Å². The molecule has 0 aliphatic carbocycles. The van der Waals surface area contributed by atoms with Crippen LogP contribution in [0.5, 0.6) is 0 Å². The van der Waals surface area contributed by atoms with E-state index in [0.717, 1.165) is 44.0 Å². The lowest BCUT2D eigenvalue weighted by Crippen LogP contribution is -1.90. The quantitative estimate of drug-likeness (QED) is 0.216. The van der Waals surface area contributed by atoms with Crippen LogP contribution in [-0.2, 0) is 0 Å². The molecule has 9 aromatic rings. The Balaban J connectivity index is 1.43. The average molecular weight is 511 g/mol. The second-order valence-electron chi connectivity index (χ2n) is 10.5. The molecule has 2 aromatic heterocycles. The summed E-state index contributed by atoms with van der Waals surface area (Å²) in [7, 11) is 0. The molecule has 0 bridgehead atoms. The zero-order valence-electron chi connectivity index (χ0n) is 21.5. The number of furan rings is 2. The highest BCUT2D eigenvalue weighted by atomic mass is 16.3. The predicted octanol–water partition coefficient (Wildman–Crippen LogP) is 11.1. The summed E-state index contributed by atoms with van der Waals surface area (Å²) in [6.45, 7) is 0. The minimum atomic E-state index is 0.901. The van der Waals surface area contributed by atoms with Gasteiger partial charge in [0.1, 0.15) is 16.7 Å². The van der Waals surface area contributed by atoms with Crippen molar-refractivity contribution in [3.05, 3.63) is 134 Å². The second-order valence-corrected chi connectivity index (χ2v) is 10.5.